The van der Waals surface area contributed by atoms with Crippen molar-refractivity contribution in [3.63, 3.8) is 0 Å². The minimum absolute atomic E-state index is 0.0593. The van der Waals surface area contributed by atoms with Crippen LogP contribution in [0.15, 0.2) is 18.2 Å². The molecule has 0 radical (unpaired) electrons. The molecule has 1 aliphatic heterocycles. The van der Waals surface area contributed by atoms with Gasteiger partial charge in [-0.15, -0.1) is 0 Å². The predicted octanol–water partition coefficient (Wildman–Crippen LogP) is 5.14. The van der Waals surface area contributed by atoms with E-state index in [0.29, 0.717) is 0 Å². The zero-order valence-electron chi connectivity index (χ0n) is 19.2. The lowest BCUT2D eigenvalue weighted by molar-refractivity contribution is -0.00615. The van der Waals surface area contributed by atoms with E-state index in [-0.39, 0.29) is 12.5 Å². The molecule has 1 aliphatic rings. The Hall–Kier alpha value is -1.50. The van der Waals surface area contributed by atoms with Gasteiger partial charge in [0.1, 0.15) is 12.0 Å². The van der Waals surface area contributed by atoms with Gasteiger partial charge in [-0.25, -0.2) is 0 Å². The monoisotopic (exact) mass is 406 g/mol. The molecule has 0 saturated carbocycles. The van der Waals surface area contributed by atoms with E-state index >= 15 is 0 Å². The molecule has 29 heavy (non-hydrogen) atoms. The topological polar surface area (TPSA) is 49.0 Å². The van der Waals surface area contributed by atoms with Crippen molar-refractivity contribution in [1.82, 2.24) is 9.80 Å². The van der Waals surface area contributed by atoms with Gasteiger partial charge in [-0.2, -0.15) is 0 Å². The number of nitrogens with one attached hydrogen (secondary N) is 2. The van der Waals surface area contributed by atoms with Crippen LogP contribution in [0, 0.1) is 0 Å². The maximum Gasteiger partial charge on any atom is 0.152 e. The Morgan fingerprint density at radius 3 is 2.41 bits per heavy atom. The van der Waals surface area contributed by atoms with Crippen LogP contribution < -0.4 is 15.5 Å². The highest BCUT2D eigenvalue weighted by molar-refractivity contribution is 5.70. The molecule has 0 bridgehead atoms. The number of hydrogen-bond acceptors (Lipinski definition) is 6. The molecule has 2 rings (SSSR count). The van der Waals surface area contributed by atoms with Gasteiger partial charge in [-0.3, -0.25) is 20.1 Å². The maximum atomic E-state index is 6.33. The van der Waals surface area contributed by atoms with Gasteiger partial charge in [0.15, 0.2) is 6.23 Å². The van der Waals surface area contributed by atoms with Gasteiger partial charge in [0.05, 0.1) is 11.4 Å². The van der Waals surface area contributed by atoms with Crippen molar-refractivity contribution in [1.29, 1.82) is 0 Å². The summed E-state index contributed by atoms with van der Waals surface area (Å²) in [5.74, 6) is 0.890. The second-order valence-corrected chi connectivity index (χ2v) is 7.75. The molecule has 166 valence electrons. The highest BCUT2D eigenvalue weighted by Crippen LogP contribution is 2.29. The second-order valence-electron chi connectivity index (χ2n) is 7.75. The van der Waals surface area contributed by atoms with Crippen LogP contribution in [0.4, 0.5) is 11.4 Å². The number of anilines is 2. The highest BCUT2D eigenvalue weighted by atomic mass is 16.7. The number of benzene rings is 1. The molecule has 2 unspecified atom stereocenters. The normalized spacial score (nSPS) is 16.8. The Kier molecular flexibility index (Phi) is 10.6. The Morgan fingerprint density at radius 2 is 1.79 bits per heavy atom. The average molecular weight is 407 g/mol. The third-order valence-corrected chi connectivity index (χ3v) is 5.67. The molecule has 6 nitrogen and oxygen atoms in total. The largest absolute Gasteiger partial charge is 0.475 e. The fourth-order valence-electron chi connectivity index (χ4n) is 3.76. The van der Waals surface area contributed by atoms with Crippen LogP contribution >= 0.6 is 0 Å². The van der Waals surface area contributed by atoms with E-state index in [2.05, 4.69) is 67.3 Å². The summed E-state index contributed by atoms with van der Waals surface area (Å²) >= 11 is 0. The van der Waals surface area contributed by atoms with E-state index in [4.69, 9.17) is 9.57 Å². The van der Waals surface area contributed by atoms with Gasteiger partial charge in [-0.1, -0.05) is 34.1 Å². The molecule has 2 atom stereocenters. The first-order chi connectivity index (χ1) is 14.1. The predicted molar refractivity (Wildman–Crippen MR) is 122 cm³/mol. The van der Waals surface area contributed by atoms with Crippen LogP contribution in [0.25, 0.3) is 0 Å². The lowest BCUT2D eigenvalue weighted by Crippen LogP contribution is -2.38. The quantitative estimate of drug-likeness (QED) is 0.253. The standard InChI is InChI=1S/C23H42N4O2/c1-6-10-15-24-22-18-20(28-23(7-2)26(8-3)9-4)13-14-21(22)25-29-19(5)27-16-11-12-17-27/h13-14,18-19,23-25H,6-12,15-17H2,1-5H3. The molecule has 6 heteroatoms. The average Bonchev–Trinajstić information content (AvgIpc) is 3.28. The summed E-state index contributed by atoms with van der Waals surface area (Å²) in [6.45, 7) is 16.0. The van der Waals surface area contributed by atoms with Crippen molar-refractivity contribution in [2.75, 3.05) is 43.5 Å². The SMILES string of the molecule is CCCCNc1cc(OC(CC)N(CC)CC)ccc1NOC(C)N1CCCC1. The van der Waals surface area contributed by atoms with Gasteiger partial charge >= 0.3 is 0 Å². The van der Waals surface area contributed by atoms with Gasteiger partial charge < -0.3 is 10.1 Å². The van der Waals surface area contributed by atoms with Crippen molar-refractivity contribution in [3.05, 3.63) is 18.2 Å². The van der Waals surface area contributed by atoms with Crippen molar-refractivity contribution in [2.45, 2.75) is 79.2 Å². The molecule has 0 aromatic heterocycles. The minimum atomic E-state index is 0.0593. The second kappa shape index (κ2) is 12.9. The first-order valence-electron chi connectivity index (χ1n) is 11.6. The summed E-state index contributed by atoms with van der Waals surface area (Å²) in [4.78, 5) is 10.7. The molecule has 1 fully saturated rings. The molecular weight excluding hydrogens is 364 g/mol. The lowest BCUT2D eigenvalue weighted by Gasteiger charge is -2.29. The summed E-state index contributed by atoms with van der Waals surface area (Å²) in [6.07, 6.45) is 5.92. The third kappa shape index (κ3) is 7.36. The van der Waals surface area contributed by atoms with Crippen molar-refractivity contribution in [2.24, 2.45) is 0 Å². The van der Waals surface area contributed by atoms with E-state index in [1.165, 1.54) is 12.8 Å². The van der Waals surface area contributed by atoms with Crippen LogP contribution in [0.5, 0.6) is 5.75 Å². The molecular formula is C23H42N4O2. The number of likely N-dealkylation sites (tertiary alicyclic amines) is 1. The van der Waals surface area contributed by atoms with Crippen LogP contribution in [0.1, 0.15) is 66.7 Å². The summed E-state index contributed by atoms with van der Waals surface area (Å²) in [5.41, 5.74) is 5.17. The van der Waals surface area contributed by atoms with E-state index in [9.17, 15) is 0 Å². The van der Waals surface area contributed by atoms with Crippen molar-refractivity contribution in [3.8, 4) is 5.75 Å². The van der Waals surface area contributed by atoms with Gasteiger partial charge in [0, 0.05) is 25.7 Å². The number of unbranched alkanes of at least 4 members (excludes halogenated alkanes) is 1. The molecule has 2 N–H and O–H groups in total. The van der Waals surface area contributed by atoms with Crippen LogP contribution in [0.2, 0.25) is 0 Å². The maximum absolute atomic E-state index is 6.33. The van der Waals surface area contributed by atoms with Gasteiger partial charge in [0.2, 0.25) is 0 Å². The number of rotatable bonds is 14. The third-order valence-electron chi connectivity index (χ3n) is 5.67. The van der Waals surface area contributed by atoms with E-state index in [1.54, 1.807) is 0 Å². The van der Waals surface area contributed by atoms with Crippen LogP contribution in [-0.2, 0) is 4.84 Å². The van der Waals surface area contributed by atoms with Crippen molar-refractivity contribution >= 4 is 11.4 Å². The Bertz CT molecular complexity index is 574. The first-order valence-corrected chi connectivity index (χ1v) is 11.6. The molecule has 0 aliphatic carbocycles. The fourth-order valence-corrected chi connectivity index (χ4v) is 3.76. The van der Waals surface area contributed by atoms with E-state index < -0.39 is 0 Å². The van der Waals surface area contributed by atoms with Crippen molar-refractivity contribution < 1.29 is 9.57 Å². The van der Waals surface area contributed by atoms with E-state index in [0.717, 1.165) is 69.1 Å². The van der Waals surface area contributed by atoms with Crippen LogP contribution in [-0.4, -0.2) is 55.0 Å². The zero-order valence-corrected chi connectivity index (χ0v) is 19.2. The summed E-state index contributed by atoms with van der Waals surface area (Å²) in [5, 5.41) is 3.55. The molecule has 1 aromatic carbocycles. The zero-order chi connectivity index (χ0) is 21.1. The number of nitrogens with zero attached hydrogens (tertiary/aromatic N) is 2. The molecule has 1 aromatic rings. The number of ether oxygens (including phenoxy) is 1. The first kappa shape index (κ1) is 23.8. The highest BCUT2D eigenvalue weighted by Gasteiger charge is 2.20. The lowest BCUT2D eigenvalue weighted by atomic mass is 10.2. The summed E-state index contributed by atoms with van der Waals surface area (Å²) in [6, 6.07) is 6.17. The summed E-state index contributed by atoms with van der Waals surface area (Å²) in [7, 11) is 0. The molecule has 1 saturated heterocycles. The van der Waals surface area contributed by atoms with Crippen LogP contribution in [0.3, 0.4) is 0 Å². The Morgan fingerprint density at radius 1 is 1.07 bits per heavy atom. The molecule has 0 spiro atoms. The summed E-state index contributed by atoms with van der Waals surface area (Å²) < 4.78 is 6.33. The minimum Gasteiger partial charge on any atom is -0.475 e. The van der Waals surface area contributed by atoms with Gasteiger partial charge in [0.25, 0.3) is 0 Å². The smallest absolute Gasteiger partial charge is 0.152 e. The Labute approximate surface area is 177 Å². The fraction of sp³-hybridized carbons (Fsp3) is 0.739. The van der Waals surface area contributed by atoms with Gasteiger partial charge in [-0.05, 0) is 57.8 Å². The van der Waals surface area contributed by atoms with E-state index in [1.807, 2.05) is 6.07 Å². The number of hydrogen-bond donors (Lipinski definition) is 2. The Balaban J connectivity index is 2.07. The molecule has 0 amide bonds. The molecule has 1 heterocycles.